The zero-order chi connectivity index (χ0) is 17.5. The van der Waals surface area contributed by atoms with Crippen LogP contribution in [0.1, 0.15) is 24.3 Å². The molecule has 0 aliphatic heterocycles. The first kappa shape index (κ1) is 17.0. The first-order chi connectivity index (χ1) is 11.2. The number of anilines is 1. The molecule has 2 aromatic rings. The van der Waals surface area contributed by atoms with Gasteiger partial charge in [0.1, 0.15) is 16.6 Å². The molecule has 0 unspecified atom stereocenters. The van der Waals surface area contributed by atoms with E-state index in [0.717, 1.165) is 42.0 Å². The van der Waals surface area contributed by atoms with Crippen LogP contribution in [0.2, 0.25) is 0 Å². The fourth-order valence-corrected chi connectivity index (χ4v) is 4.74. The molecule has 0 aromatic carbocycles. The molecule has 0 bridgehead atoms. The number of nitrogens with one attached hydrogen (secondary N) is 1. The first-order valence-electron chi connectivity index (χ1n) is 6.90. The van der Waals surface area contributed by atoms with Crippen molar-refractivity contribution in [1.29, 1.82) is 0 Å². The van der Waals surface area contributed by atoms with Gasteiger partial charge in [0.2, 0.25) is 0 Å². The van der Waals surface area contributed by atoms with E-state index in [1.165, 1.54) is 0 Å². The fourth-order valence-electron chi connectivity index (χ4n) is 2.20. The van der Waals surface area contributed by atoms with E-state index in [9.17, 15) is 26.4 Å². The smallest absolute Gasteiger partial charge is 0.290 e. The van der Waals surface area contributed by atoms with Crippen LogP contribution in [0.4, 0.5) is 19.0 Å². The van der Waals surface area contributed by atoms with Crippen LogP contribution in [-0.2, 0) is 16.6 Å². The number of hydrogen-bond acceptors (Lipinski definition) is 5. The molecule has 1 fully saturated rings. The topological polar surface area (TPSA) is 81.1 Å². The Hall–Kier alpha value is -1.88. The molecule has 1 aliphatic rings. The predicted octanol–water partition coefficient (Wildman–Crippen LogP) is 2.55. The monoisotopic (exact) mass is 379 g/mol. The lowest BCUT2D eigenvalue weighted by Gasteiger charge is -2.10. The summed E-state index contributed by atoms with van der Waals surface area (Å²) < 4.78 is 64.4. The molecule has 6 nitrogen and oxygen atoms in total. The third kappa shape index (κ3) is 3.78. The van der Waals surface area contributed by atoms with Gasteiger partial charge in [0.15, 0.2) is 0 Å². The van der Waals surface area contributed by atoms with E-state index in [4.69, 9.17) is 0 Å². The molecular formula is C13H12F3N3O3S2. The molecule has 0 spiro atoms. The maximum atomic E-state index is 12.4. The second kappa shape index (κ2) is 5.88. The van der Waals surface area contributed by atoms with E-state index in [0.29, 0.717) is 4.57 Å². The van der Waals surface area contributed by atoms with Crippen molar-refractivity contribution < 1.29 is 21.6 Å². The average Bonchev–Trinajstić information content (AvgIpc) is 3.17. The number of nitrogens with zero attached hydrogens (tertiary/aromatic N) is 2. The Morgan fingerprint density at radius 2 is 2.04 bits per heavy atom. The highest BCUT2D eigenvalue weighted by Gasteiger charge is 2.32. The lowest BCUT2D eigenvalue weighted by atomic mass is 10.2. The zero-order valence-corrected chi connectivity index (χ0v) is 13.7. The summed E-state index contributed by atoms with van der Waals surface area (Å²) in [6.07, 6.45) is -1.87. The van der Waals surface area contributed by atoms with Gasteiger partial charge < -0.3 is 0 Å². The fraction of sp³-hybridized carbons (Fsp3) is 0.385. The molecule has 11 heteroatoms. The number of thiophene rings is 1. The molecule has 1 aliphatic carbocycles. The number of rotatable bonds is 5. The predicted molar refractivity (Wildman–Crippen MR) is 81.7 cm³/mol. The van der Waals surface area contributed by atoms with E-state index in [-0.39, 0.29) is 15.9 Å². The van der Waals surface area contributed by atoms with Gasteiger partial charge >= 0.3 is 11.9 Å². The van der Waals surface area contributed by atoms with E-state index in [2.05, 4.69) is 9.71 Å². The maximum absolute atomic E-state index is 12.4. The van der Waals surface area contributed by atoms with Crippen LogP contribution in [0.3, 0.4) is 0 Å². The summed E-state index contributed by atoms with van der Waals surface area (Å²) in [5, 5.41) is 1.66. The molecule has 3 rings (SSSR count). The minimum absolute atomic E-state index is 0.145. The molecule has 0 saturated heterocycles. The Morgan fingerprint density at radius 1 is 1.33 bits per heavy atom. The molecule has 2 aromatic heterocycles. The second-order valence-corrected chi connectivity index (χ2v) is 8.18. The maximum Gasteiger partial charge on any atom is 0.406 e. The second-order valence-electron chi connectivity index (χ2n) is 5.38. The Kier molecular flexibility index (Phi) is 4.16. The Morgan fingerprint density at radius 3 is 2.62 bits per heavy atom. The number of sulfonamides is 1. The zero-order valence-electron chi connectivity index (χ0n) is 12.1. The van der Waals surface area contributed by atoms with Crippen molar-refractivity contribution in [2.75, 3.05) is 4.72 Å². The summed E-state index contributed by atoms with van der Waals surface area (Å²) in [6.45, 7) is -1.48. The van der Waals surface area contributed by atoms with Crippen molar-refractivity contribution in [2.45, 2.75) is 35.7 Å². The molecule has 0 atom stereocenters. The minimum Gasteiger partial charge on any atom is -0.290 e. The standard InChI is InChI=1S/C13H12F3N3O3S2/c14-13(15,16)7-19-5-3-10(17-12(19)20)18-24(21,22)11-9(4-6-23-11)8-1-2-8/h3-6,8H,1-2,7H2,(H,17,18,20). The van der Waals surface area contributed by atoms with Crippen molar-refractivity contribution in [3.05, 3.63) is 39.8 Å². The third-order valence-corrected chi connectivity index (χ3v) is 6.25. The lowest BCUT2D eigenvalue weighted by molar-refractivity contribution is -0.141. The number of halogens is 3. The van der Waals surface area contributed by atoms with Gasteiger partial charge in [-0.3, -0.25) is 9.29 Å². The number of alkyl halides is 3. The number of aromatic nitrogens is 2. The molecule has 0 amide bonds. The summed E-state index contributed by atoms with van der Waals surface area (Å²) >= 11 is 1.05. The highest BCUT2D eigenvalue weighted by atomic mass is 32.2. The molecule has 1 N–H and O–H groups in total. The minimum atomic E-state index is -4.57. The molecule has 130 valence electrons. The molecule has 2 heterocycles. The first-order valence-corrected chi connectivity index (χ1v) is 9.26. The molecule has 1 saturated carbocycles. The van der Waals surface area contributed by atoms with Gasteiger partial charge in [0, 0.05) is 6.20 Å². The Balaban J connectivity index is 1.84. The van der Waals surface area contributed by atoms with Crippen molar-refractivity contribution in [2.24, 2.45) is 0 Å². The van der Waals surface area contributed by atoms with Crippen LogP contribution >= 0.6 is 11.3 Å². The lowest BCUT2D eigenvalue weighted by Crippen LogP contribution is -2.30. The van der Waals surface area contributed by atoms with Gasteiger partial charge in [-0.1, -0.05) is 0 Å². The Bertz CT molecular complexity index is 914. The van der Waals surface area contributed by atoms with Gasteiger partial charge in [0.25, 0.3) is 10.0 Å². The molecule has 0 radical (unpaired) electrons. The molecule has 24 heavy (non-hydrogen) atoms. The van der Waals surface area contributed by atoms with Crippen LogP contribution in [-0.4, -0.2) is 24.1 Å². The van der Waals surface area contributed by atoms with Gasteiger partial charge in [-0.25, -0.2) is 13.2 Å². The van der Waals surface area contributed by atoms with Crippen LogP contribution < -0.4 is 10.4 Å². The number of hydrogen-bond donors (Lipinski definition) is 1. The highest BCUT2D eigenvalue weighted by Crippen LogP contribution is 2.44. The van der Waals surface area contributed by atoms with E-state index in [1.807, 2.05) is 0 Å². The average molecular weight is 379 g/mol. The third-order valence-electron chi connectivity index (χ3n) is 3.38. The van der Waals surface area contributed by atoms with E-state index >= 15 is 0 Å². The normalized spacial score (nSPS) is 15.5. The quantitative estimate of drug-likeness (QED) is 0.866. The van der Waals surface area contributed by atoms with Crippen LogP contribution in [0.5, 0.6) is 0 Å². The summed E-state index contributed by atoms with van der Waals surface area (Å²) in [4.78, 5) is 15.0. The largest absolute Gasteiger partial charge is 0.406 e. The highest BCUT2D eigenvalue weighted by molar-refractivity contribution is 7.94. The molecular weight excluding hydrogens is 367 g/mol. The van der Waals surface area contributed by atoms with E-state index < -0.39 is 28.4 Å². The van der Waals surface area contributed by atoms with Crippen LogP contribution in [0, 0.1) is 0 Å². The van der Waals surface area contributed by atoms with Crippen molar-refractivity contribution in [3.63, 3.8) is 0 Å². The Labute approximate surface area is 139 Å². The van der Waals surface area contributed by atoms with E-state index in [1.54, 1.807) is 11.4 Å². The van der Waals surface area contributed by atoms with Gasteiger partial charge in [-0.05, 0) is 41.8 Å². The van der Waals surface area contributed by atoms with Gasteiger partial charge in [0.05, 0.1) is 0 Å². The van der Waals surface area contributed by atoms with Crippen LogP contribution in [0.15, 0.2) is 32.7 Å². The van der Waals surface area contributed by atoms with Gasteiger partial charge in [-0.15, -0.1) is 11.3 Å². The van der Waals surface area contributed by atoms with Crippen LogP contribution in [0.25, 0.3) is 0 Å². The van der Waals surface area contributed by atoms with Crippen molar-refractivity contribution in [3.8, 4) is 0 Å². The summed E-state index contributed by atoms with van der Waals surface area (Å²) in [5.41, 5.74) is -0.459. The van der Waals surface area contributed by atoms with Crippen molar-refractivity contribution in [1.82, 2.24) is 9.55 Å². The van der Waals surface area contributed by atoms with Gasteiger partial charge in [-0.2, -0.15) is 18.2 Å². The summed E-state index contributed by atoms with van der Waals surface area (Å²) in [5.74, 6) is -0.0934. The summed E-state index contributed by atoms with van der Waals surface area (Å²) in [7, 11) is -3.93. The van der Waals surface area contributed by atoms with Crippen molar-refractivity contribution >= 4 is 27.2 Å². The summed E-state index contributed by atoms with van der Waals surface area (Å²) in [6, 6.07) is 2.76. The SMILES string of the molecule is O=c1nc(NS(=O)(=O)c2sccc2C2CC2)ccn1CC(F)(F)F.